The molecule has 0 spiro atoms. The van der Waals surface area contributed by atoms with Crippen molar-refractivity contribution in [1.82, 2.24) is 4.90 Å². The average Bonchev–Trinajstić information content (AvgIpc) is 2.89. The van der Waals surface area contributed by atoms with Crippen LogP contribution in [0.5, 0.6) is 5.75 Å². The van der Waals surface area contributed by atoms with Gasteiger partial charge in [0.1, 0.15) is 12.4 Å². The van der Waals surface area contributed by atoms with E-state index < -0.39 is 5.60 Å². The maximum absolute atomic E-state index is 11.4. The summed E-state index contributed by atoms with van der Waals surface area (Å²) < 4.78 is 5.53. The molecule has 1 saturated heterocycles. The Balaban J connectivity index is 1.59. The predicted molar refractivity (Wildman–Crippen MR) is 142 cm³/mol. The Kier molecular flexibility index (Phi) is 8.17. The molecule has 3 aromatic rings. The normalized spacial score (nSPS) is 19.9. The Morgan fingerprint density at radius 1 is 1.03 bits per heavy atom. The number of β-amino-alcohol motifs (C(OH)–C–C–N with tert-alkyl or cyclic N) is 1. The Morgan fingerprint density at radius 3 is 2.31 bits per heavy atom. The quantitative estimate of drug-likeness (QED) is 0.460. The third-order valence-electron chi connectivity index (χ3n) is 6.80. The number of anilines is 1. The maximum Gasteiger partial charge on any atom is 0.119 e. The fourth-order valence-corrected chi connectivity index (χ4v) is 4.92. The van der Waals surface area contributed by atoms with E-state index in [-0.39, 0.29) is 25.3 Å². The molecule has 3 aromatic carbocycles. The van der Waals surface area contributed by atoms with Gasteiger partial charge in [-0.1, -0.05) is 35.9 Å². The summed E-state index contributed by atoms with van der Waals surface area (Å²) in [6.45, 7) is 6.21. The summed E-state index contributed by atoms with van der Waals surface area (Å²) in [5, 5.41) is 30.2. The minimum absolute atomic E-state index is 0.0217. The summed E-state index contributed by atoms with van der Waals surface area (Å²) in [7, 11) is 0. The van der Waals surface area contributed by atoms with Crippen molar-refractivity contribution in [2.75, 3.05) is 37.7 Å². The van der Waals surface area contributed by atoms with Gasteiger partial charge in [0.25, 0.3) is 0 Å². The molecule has 1 aliphatic rings. The molecule has 0 saturated carbocycles. The third-order valence-corrected chi connectivity index (χ3v) is 7.05. The monoisotopic (exact) mass is 505 g/mol. The summed E-state index contributed by atoms with van der Waals surface area (Å²) >= 11 is 6.18. The number of benzene rings is 3. The highest BCUT2D eigenvalue weighted by atomic mass is 35.5. The fourth-order valence-electron chi connectivity index (χ4n) is 4.79. The smallest absolute Gasteiger partial charge is 0.119 e. The molecule has 6 nitrogen and oxygen atoms in total. The second-order valence-electron chi connectivity index (χ2n) is 9.53. The van der Waals surface area contributed by atoms with Crippen LogP contribution < -0.4 is 9.64 Å². The predicted octanol–water partition coefficient (Wildman–Crippen LogP) is 4.74. The van der Waals surface area contributed by atoms with Gasteiger partial charge in [-0.25, -0.2) is 0 Å². The van der Waals surface area contributed by atoms with Gasteiger partial charge in [0.15, 0.2) is 0 Å². The molecule has 2 N–H and O–H groups in total. The second kappa shape index (κ2) is 11.3. The molecule has 188 valence electrons. The second-order valence-corrected chi connectivity index (χ2v) is 9.96. The lowest BCUT2D eigenvalue weighted by atomic mass is 9.92. The Hall–Kier alpha value is -3.08. The van der Waals surface area contributed by atoms with E-state index >= 15 is 0 Å². The molecule has 0 aromatic heterocycles. The molecule has 0 amide bonds. The van der Waals surface area contributed by atoms with Crippen LogP contribution in [-0.2, 0) is 5.60 Å². The topological polar surface area (TPSA) is 80.0 Å². The molecule has 3 atom stereocenters. The lowest BCUT2D eigenvalue weighted by Crippen LogP contribution is -2.56. The van der Waals surface area contributed by atoms with Crippen LogP contribution in [0.1, 0.15) is 36.6 Å². The first-order valence-electron chi connectivity index (χ1n) is 12.1. The van der Waals surface area contributed by atoms with Gasteiger partial charge in [-0.15, -0.1) is 0 Å². The van der Waals surface area contributed by atoms with Crippen molar-refractivity contribution in [1.29, 1.82) is 5.26 Å². The molecule has 7 heteroatoms. The van der Waals surface area contributed by atoms with Crippen LogP contribution in [0.4, 0.5) is 5.69 Å². The van der Waals surface area contributed by atoms with E-state index in [1.807, 2.05) is 55.5 Å². The van der Waals surface area contributed by atoms with Gasteiger partial charge in [-0.3, -0.25) is 4.90 Å². The van der Waals surface area contributed by atoms with Crippen molar-refractivity contribution in [2.45, 2.75) is 31.5 Å². The number of aliphatic hydroxyl groups excluding tert-OH is 1. The molecular formula is C29H32ClN3O3. The van der Waals surface area contributed by atoms with Crippen molar-refractivity contribution < 1.29 is 14.9 Å². The largest absolute Gasteiger partial charge is 0.491 e. The molecule has 0 bridgehead atoms. The Morgan fingerprint density at radius 2 is 1.69 bits per heavy atom. The highest BCUT2D eigenvalue weighted by Gasteiger charge is 2.36. The fraction of sp³-hybridized carbons (Fsp3) is 0.345. The van der Waals surface area contributed by atoms with Crippen molar-refractivity contribution in [3.8, 4) is 11.8 Å². The lowest BCUT2D eigenvalue weighted by molar-refractivity contribution is -0.00368. The summed E-state index contributed by atoms with van der Waals surface area (Å²) in [5.74, 6) is 0.723. The SMILES string of the molecule is C[C@@H]1CN(c2ccc(OCCO)cc2)[C@H](c2ccc(Cl)cc2)CN1C[C@@](C)(O)c1ccc(C#N)cc1. The van der Waals surface area contributed by atoms with Crippen LogP contribution in [0.2, 0.25) is 5.02 Å². The highest BCUT2D eigenvalue weighted by molar-refractivity contribution is 6.30. The van der Waals surface area contributed by atoms with Crippen LogP contribution in [-0.4, -0.2) is 54.0 Å². The summed E-state index contributed by atoms with van der Waals surface area (Å²) in [6, 6.07) is 25.4. The van der Waals surface area contributed by atoms with Crippen molar-refractivity contribution in [3.05, 3.63) is 94.5 Å². The first-order chi connectivity index (χ1) is 17.3. The maximum atomic E-state index is 11.4. The number of nitriles is 1. The molecule has 0 aliphatic carbocycles. The molecule has 0 radical (unpaired) electrons. The van der Waals surface area contributed by atoms with Crippen LogP contribution >= 0.6 is 11.6 Å². The van der Waals surface area contributed by atoms with E-state index in [2.05, 4.69) is 34.9 Å². The van der Waals surface area contributed by atoms with Crippen LogP contribution in [0.25, 0.3) is 0 Å². The number of nitrogens with zero attached hydrogens (tertiary/aromatic N) is 3. The number of aliphatic hydroxyl groups is 2. The van der Waals surface area contributed by atoms with E-state index in [1.54, 1.807) is 12.1 Å². The van der Waals surface area contributed by atoms with Gasteiger partial charge in [-0.05, 0) is 73.5 Å². The lowest BCUT2D eigenvalue weighted by Gasteiger charge is -2.48. The van der Waals surface area contributed by atoms with Crippen LogP contribution in [0, 0.1) is 11.3 Å². The molecule has 1 aliphatic heterocycles. The van der Waals surface area contributed by atoms with Gasteiger partial charge in [-0.2, -0.15) is 5.26 Å². The Labute approximate surface area is 217 Å². The summed E-state index contributed by atoms with van der Waals surface area (Å²) in [4.78, 5) is 4.71. The first kappa shape index (κ1) is 26.0. The van der Waals surface area contributed by atoms with Gasteiger partial charge in [0.2, 0.25) is 0 Å². The number of rotatable bonds is 8. The highest BCUT2D eigenvalue weighted by Crippen LogP contribution is 2.35. The van der Waals surface area contributed by atoms with E-state index in [0.717, 1.165) is 35.7 Å². The van der Waals surface area contributed by atoms with E-state index in [0.29, 0.717) is 17.1 Å². The number of hydrogen-bond donors (Lipinski definition) is 2. The molecule has 36 heavy (non-hydrogen) atoms. The third kappa shape index (κ3) is 6.00. The van der Waals surface area contributed by atoms with Crippen molar-refractivity contribution in [3.63, 3.8) is 0 Å². The average molecular weight is 506 g/mol. The van der Waals surface area contributed by atoms with Crippen LogP contribution in [0.15, 0.2) is 72.8 Å². The molecule has 1 fully saturated rings. The van der Waals surface area contributed by atoms with E-state index in [4.69, 9.17) is 26.7 Å². The summed E-state index contributed by atoms with van der Waals surface area (Å²) in [6.07, 6.45) is 0. The molecule has 1 heterocycles. The molecule has 0 unspecified atom stereocenters. The number of halogens is 1. The number of ether oxygens (including phenoxy) is 1. The first-order valence-corrected chi connectivity index (χ1v) is 12.5. The van der Waals surface area contributed by atoms with Crippen molar-refractivity contribution in [2.24, 2.45) is 0 Å². The van der Waals surface area contributed by atoms with E-state index in [1.165, 1.54) is 0 Å². The minimum atomic E-state index is -1.07. The summed E-state index contributed by atoms with van der Waals surface area (Å²) in [5.41, 5.74) is 2.53. The van der Waals surface area contributed by atoms with Gasteiger partial charge >= 0.3 is 0 Å². The zero-order valence-electron chi connectivity index (χ0n) is 20.6. The number of hydrogen-bond acceptors (Lipinski definition) is 6. The number of piperazine rings is 1. The standard InChI is InChI=1S/C29H32ClN3O3/c1-21-18-33(26-11-13-27(14-12-26)36-16-15-34)28(23-5-9-25(30)10-6-23)19-32(21)20-29(2,35)24-7-3-22(17-31)4-8-24/h3-14,21,28,34-35H,15-16,18-20H2,1-2H3/t21-,28+,29-/m1/s1. The zero-order valence-corrected chi connectivity index (χ0v) is 21.4. The molecule has 4 rings (SSSR count). The van der Waals surface area contributed by atoms with Gasteiger partial charge in [0, 0.05) is 36.4 Å². The molecular weight excluding hydrogens is 474 g/mol. The Bertz CT molecular complexity index is 1170. The van der Waals surface area contributed by atoms with E-state index in [9.17, 15) is 5.11 Å². The van der Waals surface area contributed by atoms with Crippen molar-refractivity contribution >= 4 is 17.3 Å². The van der Waals surface area contributed by atoms with Gasteiger partial charge < -0.3 is 19.8 Å². The zero-order chi connectivity index (χ0) is 25.7. The minimum Gasteiger partial charge on any atom is -0.491 e. The van der Waals surface area contributed by atoms with Crippen LogP contribution in [0.3, 0.4) is 0 Å². The van der Waals surface area contributed by atoms with Gasteiger partial charge in [0.05, 0.1) is 29.9 Å².